The summed E-state index contributed by atoms with van der Waals surface area (Å²) in [5.41, 5.74) is 0. The van der Waals surface area contributed by atoms with Crippen molar-refractivity contribution in [2.24, 2.45) is 0 Å². The van der Waals surface area contributed by atoms with Gasteiger partial charge in [0.25, 0.3) is 0 Å². The van der Waals surface area contributed by atoms with E-state index in [-0.39, 0.29) is 14.9 Å². The maximum Gasteiger partial charge on any atom is 0.246 e. The number of halogens is 3. The number of nitrogens with zero attached hydrogens (tertiary/aromatic N) is 2. The minimum atomic E-state index is -3.68. The van der Waals surface area contributed by atoms with Gasteiger partial charge in [-0.1, -0.05) is 34.8 Å². The van der Waals surface area contributed by atoms with E-state index in [1.54, 1.807) is 0 Å². The van der Waals surface area contributed by atoms with Gasteiger partial charge < -0.3 is 4.90 Å². The largest absolute Gasteiger partial charge is 0.304 e. The van der Waals surface area contributed by atoms with E-state index in [4.69, 9.17) is 34.8 Å². The van der Waals surface area contributed by atoms with E-state index in [9.17, 15) is 8.42 Å². The maximum atomic E-state index is 12.5. The van der Waals surface area contributed by atoms with Crippen LogP contribution in [-0.2, 0) is 10.0 Å². The molecule has 0 saturated carbocycles. The molecule has 19 heavy (non-hydrogen) atoms. The zero-order chi connectivity index (χ0) is 14.2. The highest BCUT2D eigenvalue weighted by molar-refractivity contribution is 7.89. The Bertz CT molecular complexity index is 561. The molecule has 0 aromatic heterocycles. The molecular formula is C11H13Cl3N2O2S. The molecule has 1 aliphatic rings. The molecule has 0 N–H and O–H groups in total. The number of benzene rings is 1. The standard InChI is InChI=1S/C11H13Cl3N2O2S/c1-15-2-4-16(5-3-15)19(17,18)11-9(13)6-8(12)7-10(11)14/h6-7H,2-5H2,1H3. The first-order valence-electron chi connectivity index (χ1n) is 5.65. The van der Waals surface area contributed by atoms with E-state index in [0.717, 1.165) is 0 Å². The zero-order valence-electron chi connectivity index (χ0n) is 10.2. The summed E-state index contributed by atoms with van der Waals surface area (Å²) in [5, 5.41) is 0.417. The van der Waals surface area contributed by atoms with Crippen LogP contribution in [0, 0.1) is 0 Å². The third kappa shape index (κ3) is 3.17. The number of likely N-dealkylation sites (N-methyl/N-ethyl adjacent to an activating group) is 1. The van der Waals surface area contributed by atoms with Crippen LogP contribution in [0.1, 0.15) is 0 Å². The van der Waals surface area contributed by atoms with Crippen LogP contribution >= 0.6 is 34.8 Å². The second-order valence-electron chi connectivity index (χ2n) is 4.41. The lowest BCUT2D eigenvalue weighted by Crippen LogP contribution is -2.47. The Balaban J connectivity index is 2.40. The van der Waals surface area contributed by atoms with Crippen LogP contribution in [0.4, 0.5) is 0 Å². The van der Waals surface area contributed by atoms with Gasteiger partial charge >= 0.3 is 0 Å². The summed E-state index contributed by atoms with van der Waals surface area (Å²) in [7, 11) is -1.73. The van der Waals surface area contributed by atoms with Crippen LogP contribution in [0.3, 0.4) is 0 Å². The van der Waals surface area contributed by atoms with Crippen molar-refractivity contribution < 1.29 is 8.42 Å². The lowest BCUT2D eigenvalue weighted by atomic mass is 10.4. The highest BCUT2D eigenvalue weighted by atomic mass is 35.5. The molecule has 0 amide bonds. The van der Waals surface area contributed by atoms with Gasteiger partial charge in [-0.05, 0) is 19.2 Å². The van der Waals surface area contributed by atoms with Crippen molar-refractivity contribution in [2.45, 2.75) is 4.90 Å². The van der Waals surface area contributed by atoms with Crippen LogP contribution < -0.4 is 0 Å². The summed E-state index contributed by atoms with van der Waals surface area (Å²) >= 11 is 17.8. The van der Waals surface area contributed by atoms with Crippen molar-refractivity contribution in [3.63, 3.8) is 0 Å². The lowest BCUT2D eigenvalue weighted by molar-refractivity contribution is 0.222. The van der Waals surface area contributed by atoms with E-state index in [1.165, 1.54) is 16.4 Å². The Morgan fingerprint density at radius 2 is 1.47 bits per heavy atom. The fourth-order valence-corrected chi connectivity index (χ4v) is 4.85. The Labute approximate surface area is 127 Å². The summed E-state index contributed by atoms with van der Waals surface area (Å²) in [4.78, 5) is 2.00. The zero-order valence-corrected chi connectivity index (χ0v) is 13.3. The average molecular weight is 344 g/mol. The van der Waals surface area contributed by atoms with Crippen LogP contribution in [0.15, 0.2) is 17.0 Å². The molecule has 1 aromatic carbocycles. The van der Waals surface area contributed by atoms with Crippen molar-refractivity contribution in [3.8, 4) is 0 Å². The molecule has 106 valence electrons. The maximum absolute atomic E-state index is 12.5. The molecule has 0 spiro atoms. The first-order valence-corrected chi connectivity index (χ1v) is 8.23. The smallest absolute Gasteiger partial charge is 0.246 e. The number of sulfonamides is 1. The van der Waals surface area contributed by atoms with E-state index < -0.39 is 10.0 Å². The molecule has 4 nitrogen and oxygen atoms in total. The third-order valence-electron chi connectivity index (χ3n) is 3.02. The van der Waals surface area contributed by atoms with Gasteiger partial charge in [0.1, 0.15) is 4.90 Å². The van der Waals surface area contributed by atoms with Gasteiger partial charge in [0, 0.05) is 31.2 Å². The van der Waals surface area contributed by atoms with Gasteiger partial charge in [-0.15, -0.1) is 0 Å². The van der Waals surface area contributed by atoms with E-state index in [2.05, 4.69) is 4.90 Å². The van der Waals surface area contributed by atoms with Gasteiger partial charge in [0.15, 0.2) is 0 Å². The molecule has 0 bridgehead atoms. The van der Waals surface area contributed by atoms with Crippen molar-refractivity contribution >= 4 is 44.8 Å². The van der Waals surface area contributed by atoms with Crippen molar-refractivity contribution in [1.82, 2.24) is 9.21 Å². The van der Waals surface area contributed by atoms with Crippen LogP contribution in [0.2, 0.25) is 15.1 Å². The van der Waals surface area contributed by atoms with Gasteiger partial charge in [-0.3, -0.25) is 0 Å². The minimum Gasteiger partial charge on any atom is -0.304 e. The van der Waals surface area contributed by atoms with Crippen molar-refractivity contribution in [1.29, 1.82) is 0 Å². The first kappa shape index (κ1) is 15.4. The monoisotopic (exact) mass is 342 g/mol. The molecule has 1 aromatic rings. The van der Waals surface area contributed by atoms with Gasteiger partial charge in [0.05, 0.1) is 10.0 Å². The van der Waals surface area contributed by atoms with Crippen LogP contribution in [0.25, 0.3) is 0 Å². The third-order valence-corrected chi connectivity index (χ3v) is 6.06. The van der Waals surface area contributed by atoms with Crippen LogP contribution in [-0.4, -0.2) is 50.8 Å². The fraction of sp³-hybridized carbons (Fsp3) is 0.455. The Morgan fingerprint density at radius 1 is 1.00 bits per heavy atom. The number of hydrogen-bond donors (Lipinski definition) is 0. The van der Waals surface area contributed by atoms with E-state index in [1.807, 2.05) is 7.05 Å². The topological polar surface area (TPSA) is 40.6 Å². The van der Waals surface area contributed by atoms with Crippen LogP contribution in [0.5, 0.6) is 0 Å². The molecule has 1 fully saturated rings. The van der Waals surface area contributed by atoms with Crippen molar-refractivity contribution in [2.75, 3.05) is 33.2 Å². The fourth-order valence-electron chi connectivity index (χ4n) is 1.93. The molecule has 0 aliphatic carbocycles. The molecule has 1 aliphatic heterocycles. The van der Waals surface area contributed by atoms with Gasteiger partial charge in [-0.2, -0.15) is 4.31 Å². The molecule has 0 atom stereocenters. The lowest BCUT2D eigenvalue weighted by Gasteiger charge is -2.31. The van der Waals surface area contributed by atoms with Gasteiger partial charge in [-0.25, -0.2) is 8.42 Å². The molecule has 2 rings (SSSR count). The molecule has 8 heteroatoms. The first-order chi connectivity index (χ1) is 8.82. The predicted octanol–water partition coefficient (Wildman–Crippen LogP) is 2.58. The summed E-state index contributed by atoms with van der Waals surface area (Å²) in [6.45, 7) is 2.21. The normalized spacial score (nSPS) is 18.7. The molecule has 0 unspecified atom stereocenters. The summed E-state index contributed by atoms with van der Waals surface area (Å²) in [6.07, 6.45) is 0. The number of rotatable bonds is 2. The molecule has 1 saturated heterocycles. The Morgan fingerprint density at radius 3 is 1.95 bits per heavy atom. The average Bonchev–Trinajstić information content (AvgIpc) is 2.27. The summed E-state index contributed by atoms with van der Waals surface area (Å²) in [5.74, 6) is 0. The number of hydrogen-bond acceptors (Lipinski definition) is 3. The summed E-state index contributed by atoms with van der Waals surface area (Å²) < 4.78 is 26.5. The Kier molecular flexibility index (Phi) is 4.65. The van der Waals surface area contributed by atoms with Crippen molar-refractivity contribution in [3.05, 3.63) is 27.2 Å². The molecule has 0 radical (unpaired) electrons. The van der Waals surface area contributed by atoms with E-state index >= 15 is 0 Å². The number of piperazine rings is 1. The second-order valence-corrected chi connectivity index (χ2v) is 7.53. The quantitative estimate of drug-likeness (QED) is 0.829. The second kappa shape index (κ2) is 5.76. The summed E-state index contributed by atoms with van der Waals surface area (Å²) in [6, 6.07) is 2.77. The Hall–Kier alpha value is -0.0400. The molecular weight excluding hydrogens is 331 g/mol. The predicted molar refractivity (Wildman–Crippen MR) is 77.7 cm³/mol. The van der Waals surface area contributed by atoms with E-state index in [0.29, 0.717) is 31.2 Å². The minimum absolute atomic E-state index is 0.0522. The molecule has 1 heterocycles. The highest BCUT2D eigenvalue weighted by Crippen LogP contribution is 2.34. The SMILES string of the molecule is CN1CCN(S(=O)(=O)c2c(Cl)cc(Cl)cc2Cl)CC1. The van der Waals surface area contributed by atoms with Gasteiger partial charge in [0.2, 0.25) is 10.0 Å². The highest BCUT2D eigenvalue weighted by Gasteiger charge is 2.31.